The fourth-order valence-electron chi connectivity index (χ4n) is 3.87. The Labute approximate surface area is 287 Å². The molecule has 2 aromatic rings. The molecule has 12 nitrogen and oxygen atoms in total. The normalized spacial score (nSPS) is 12.0. The fourth-order valence-corrected chi connectivity index (χ4v) is 4.89. The molecule has 49 heavy (non-hydrogen) atoms. The molecule has 0 radical (unpaired) electrons. The second kappa shape index (κ2) is 24.1. The van der Waals surface area contributed by atoms with Crippen LogP contribution < -0.4 is 9.46 Å². The van der Waals surface area contributed by atoms with Crippen molar-refractivity contribution < 1.29 is 59.9 Å². The smallest absolute Gasteiger partial charge is 0.240 e. The maximum atomic E-state index is 14.5. The van der Waals surface area contributed by atoms with E-state index in [-0.39, 0.29) is 47.5 Å². The number of benzene rings is 2. The van der Waals surface area contributed by atoms with E-state index < -0.39 is 27.4 Å². The van der Waals surface area contributed by atoms with Crippen molar-refractivity contribution in [2.45, 2.75) is 38.5 Å². The van der Waals surface area contributed by atoms with E-state index in [0.717, 1.165) is 18.6 Å². The van der Waals surface area contributed by atoms with Crippen LogP contribution in [-0.4, -0.2) is 106 Å². The number of hydrogen-bond acceptors (Lipinski definition) is 11. The molecule has 2 aromatic carbocycles. The molecule has 0 unspecified atom stereocenters. The standard InChI is InChI=1S/C34H47F2NO11S/c1-26(28(3)39)23-29-24-32(35)34(33(36)25-29)48-30-6-8-31(9-7-30)49(40,41)37-10-12-43-14-16-45-18-20-47-22-21-46-19-17-44-15-13-42-11-4-5-27(2)38/h6-9,23-25,37H,4-5,10-22H2,1-3H3/b26-23+. The molecule has 2 rings (SSSR count). The van der Waals surface area contributed by atoms with Gasteiger partial charge in [-0.05, 0) is 80.8 Å². The Kier molecular flexibility index (Phi) is 20.6. The highest BCUT2D eigenvalue weighted by molar-refractivity contribution is 7.89. The van der Waals surface area contributed by atoms with E-state index in [1.807, 2.05) is 0 Å². The van der Waals surface area contributed by atoms with E-state index in [2.05, 4.69) is 4.72 Å². The third kappa shape index (κ3) is 18.4. The number of hydrogen-bond donors (Lipinski definition) is 1. The predicted molar refractivity (Wildman–Crippen MR) is 177 cm³/mol. The first-order chi connectivity index (χ1) is 23.5. The molecule has 0 aliphatic carbocycles. The van der Waals surface area contributed by atoms with Crippen LogP contribution in [-0.2, 0) is 48.0 Å². The van der Waals surface area contributed by atoms with Gasteiger partial charge in [-0.25, -0.2) is 21.9 Å². The van der Waals surface area contributed by atoms with Crippen molar-refractivity contribution in [2.24, 2.45) is 0 Å². The van der Waals surface area contributed by atoms with Gasteiger partial charge in [0.1, 0.15) is 11.5 Å². The minimum Gasteiger partial charge on any atom is -0.451 e. The highest BCUT2D eigenvalue weighted by Gasteiger charge is 2.16. The molecule has 1 N–H and O–H groups in total. The first kappa shape index (κ1) is 42.0. The van der Waals surface area contributed by atoms with Gasteiger partial charge in [0.25, 0.3) is 0 Å². The first-order valence-corrected chi connectivity index (χ1v) is 17.4. The summed E-state index contributed by atoms with van der Waals surface area (Å²) in [5.74, 6) is -2.64. The lowest BCUT2D eigenvalue weighted by Gasteiger charge is -2.11. The van der Waals surface area contributed by atoms with Gasteiger partial charge in [0, 0.05) is 19.6 Å². The summed E-state index contributed by atoms with van der Waals surface area (Å²) in [6.07, 6.45) is 2.62. The van der Waals surface area contributed by atoms with Crippen LogP contribution in [0.3, 0.4) is 0 Å². The van der Waals surface area contributed by atoms with Crippen LogP contribution in [0.1, 0.15) is 39.2 Å². The Bertz CT molecular complexity index is 1400. The number of ketones is 2. The summed E-state index contributed by atoms with van der Waals surface area (Å²) >= 11 is 0. The topological polar surface area (TPSA) is 145 Å². The number of Topliss-reactive ketones (excluding diaryl/α,β-unsaturated/α-hetero) is 2. The van der Waals surface area contributed by atoms with E-state index in [1.54, 1.807) is 6.92 Å². The number of allylic oxidation sites excluding steroid dienone is 1. The minimum absolute atomic E-state index is 0.0189. The lowest BCUT2D eigenvalue weighted by Crippen LogP contribution is -2.27. The average Bonchev–Trinajstić information content (AvgIpc) is 3.05. The number of carbonyl (C=O) groups excluding carboxylic acids is 2. The molecule has 0 fully saturated rings. The Hall–Kier alpha value is -3.15. The zero-order valence-corrected chi connectivity index (χ0v) is 29.1. The average molecular weight is 716 g/mol. The van der Waals surface area contributed by atoms with Crippen molar-refractivity contribution in [2.75, 3.05) is 85.8 Å². The summed E-state index contributed by atoms with van der Waals surface area (Å²) in [7, 11) is -3.86. The minimum atomic E-state index is -3.86. The summed E-state index contributed by atoms with van der Waals surface area (Å²) in [5.41, 5.74) is 0.505. The molecular formula is C34H47F2NO11S. The predicted octanol–water partition coefficient (Wildman–Crippen LogP) is 4.50. The van der Waals surface area contributed by atoms with Gasteiger partial charge in [-0.2, -0.15) is 0 Å². The van der Waals surface area contributed by atoms with Crippen LogP contribution in [0, 0.1) is 11.6 Å². The van der Waals surface area contributed by atoms with Crippen LogP contribution >= 0.6 is 0 Å². The third-order valence-corrected chi connectivity index (χ3v) is 8.01. The first-order valence-electron chi connectivity index (χ1n) is 15.9. The van der Waals surface area contributed by atoms with Crippen molar-refractivity contribution in [1.82, 2.24) is 4.72 Å². The van der Waals surface area contributed by atoms with Crippen molar-refractivity contribution in [1.29, 1.82) is 0 Å². The van der Waals surface area contributed by atoms with Gasteiger partial charge in [-0.1, -0.05) is 0 Å². The van der Waals surface area contributed by atoms with E-state index in [9.17, 15) is 26.8 Å². The third-order valence-electron chi connectivity index (χ3n) is 6.53. The van der Waals surface area contributed by atoms with Crippen molar-refractivity contribution in [3.05, 3.63) is 59.2 Å². The molecule has 0 bridgehead atoms. The quantitative estimate of drug-likeness (QED) is 0.0983. The largest absolute Gasteiger partial charge is 0.451 e. The Morgan fingerprint density at radius 2 is 1.14 bits per heavy atom. The molecule has 0 atom stereocenters. The summed E-state index contributed by atoms with van der Waals surface area (Å²) in [6, 6.07) is 7.14. The van der Waals surface area contributed by atoms with E-state index in [1.165, 1.54) is 44.2 Å². The number of carbonyl (C=O) groups is 2. The van der Waals surface area contributed by atoms with Crippen LogP contribution in [0.5, 0.6) is 11.5 Å². The van der Waals surface area contributed by atoms with Crippen molar-refractivity contribution >= 4 is 27.7 Å². The molecular weight excluding hydrogens is 668 g/mol. The van der Waals surface area contributed by atoms with E-state index in [0.29, 0.717) is 78.1 Å². The molecule has 0 saturated heterocycles. The van der Waals surface area contributed by atoms with Crippen LogP contribution in [0.15, 0.2) is 46.9 Å². The summed E-state index contributed by atoms with van der Waals surface area (Å²) in [5, 5.41) is 0. The summed E-state index contributed by atoms with van der Waals surface area (Å²) < 4.78 is 94.3. The maximum Gasteiger partial charge on any atom is 0.240 e. The fraction of sp³-hybridized carbons (Fsp3) is 0.529. The van der Waals surface area contributed by atoms with Gasteiger partial charge in [0.15, 0.2) is 23.2 Å². The molecule has 0 aliphatic heterocycles. The van der Waals surface area contributed by atoms with Gasteiger partial charge >= 0.3 is 0 Å². The monoisotopic (exact) mass is 715 g/mol. The number of ether oxygens (including phenoxy) is 7. The molecule has 0 heterocycles. The maximum absolute atomic E-state index is 14.5. The number of rotatable bonds is 28. The Morgan fingerprint density at radius 3 is 1.59 bits per heavy atom. The summed E-state index contributed by atoms with van der Waals surface area (Å²) in [4.78, 5) is 22.1. The Morgan fingerprint density at radius 1 is 0.694 bits per heavy atom. The van der Waals surface area contributed by atoms with Crippen molar-refractivity contribution in [3.63, 3.8) is 0 Å². The lowest BCUT2D eigenvalue weighted by atomic mass is 10.1. The molecule has 274 valence electrons. The van der Waals surface area contributed by atoms with Gasteiger partial charge in [0.2, 0.25) is 10.0 Å². The van der Waals surface area contributed by atoms with Gasteiger partial charge < -0.3 is 38.0 Å². The van der Waals surface area contributed by atoms with Gasteiger partial charge in [-0.15, -0.1) is 0 Å². The van der Waals surface area contributed by atoms with Crippen LogP contribution in [0.25, 0.3) is 6.08 Å². The highest BCUT2D eigenvalue weighted by atomic mass is 32.2. The molecule has 0 saturated carbocycles. The van der Waals surface area contributed by atoms with Crippen LogP contribution in [0.4, 0.5) is 8.78 Å². The number of halogens is 2. The zero-order valence-electron chi connectivity index (χ0n) is 28.3. The molecule has 0 aromatic heterocycles. The molecule has 15 heteroatoms. The summed E-state index contributed by atoms with van der Waals surface area (Å²) in [6.45, 7) is 9.17. The highest BCUT2D eigenvalue weighted by Crippen LogP contribution is 2.30. The lowest BCUT2D eigenvalue weighted by molar-refractivity contribution is -0.117. The van der Waals surface area contributed by atoms with E-state index in [4.69, 9.17) is 33.2 Å². The SMILES string of the molecule is CC(=O)CCCOCCOCCOCCOCCOCCOCCNS(=O)(=O)c1ccc(Oc2c(F)cc(/C=C(\C)C(C)=O)cc2F)cc1. The Balaban J connectivity index is 1.50. The second-order valence-corrected chi connectivity index (χ2v) is 12.4. The molecule has 0 aliphatic rings. The zero-order chi connectivity index (χ0) is 35.9. The van der Waals surface area contributed by atoms with Crippen LogP contribution in [0.2, 0.25) is 0 Å². The molecule has 0 spiro atoms. The van der Waals surface area contributed by atoms with Gasteiger partial charge in [-0.3, -0.25) is 4.79 Å². The van der Waals surface area contributed by atoms with Crippen molar-refractivity contribution in [3.8, 4) is 11.5 Å². The number of nitrogens with one attached hydrogen (secondary N) is 1. The van der Waals surface area contributed by atoms with Gasteiger partial charge in [0.05, 0.1) is 77.6 Å². The number of sulfonamides is 1. The molecule has 0 amide bonds. The second-order valence-electron chi connectivity index (χ2n) is 10.6. The van der Waals surface area contributed by atoms with E-state index >= 15 is 0 Å².